The minimum Gasteiger partial charge on any atom is -0.299 e. The maximum absolute atomic E-state index is 13.0. The van der Waals surface area contributed by atoms with Gasteiger partial charge >= 0.3 is 0 Å². The molecular formula is C23H21N3O2. The molecule has 3 aromatic rings. The van der Waals surface area contributed by atoms with E-state index in [0.29, 0.717) is 11.3 Å². The van der Waals surface area contributed by atoms with Crippen molar-refractivity contribution in [2.45, 2.75) is 6.92 Å². The Bertz CT molecular complexity index is 969. The average molecular weight is 371 g/mol. The Morgan fingerprint density at radius 1 is 0.893 bits per heavy atom. The van der Waals surface area contributed by atoms with Crippen molar-refractivity contribution in [3.8, 4) is 0 Å². The molecular weight excluding hydrogens is 350 g/mol. The Hall–Kier alpha value is -3.73. The van der Waals surface area contributed by atoms with E-state index in [1.807, 2.05) is 67.6 Å². The SMILES string of the molecule is Cc1ccccc1N(CC(=O)N/N=C/c1ccccc1)C(=O)c1ccccc1. The number of nitrogens with one attached hydrogen (secondary N) is 1. The Morgan fingerprint density at radius 2 is 1.50 bits per heavy atom. The molecule has 0 saturated carbocycles. The zero-order chi connectivity index (χ0) is 19.8. The van der Waals surface area contributed by atoms with Gasteiger partial charge in [-0.05, 0) is 36.2 Å². The number of benzene rings is 3. The summed E-state index contributed by atoms with van der Waals surface area (Å²) >= 11 is 0. The topological polar surface area (TPSA) is 61.8 Å². The van der Waals surface area contributed by atoms with Crippen molar-refractivity contribution < 1.29 is 9.59 Å². The highest BCUT2D eigenvalue weighted by Crippen LogP contribution is 2.21. The quantitative estimate of drug-likeness (QED) is 0.529. The number of rotatable bonds is 6. The highest BCUT2D eigenvalue weighted by atomic mass is 16.2. The lowest BCUT2D eigenvalue weighted by Gasteiger charge is -2.23. The van der Waals surface area contributed by atoms with E-state index >= 15 is 0 Å². The fraction of sp³-hybridized carbons (Fsp3) is 0.0870. The highest BCUT2D eigenvalue weighted by Gasteiger charge is 2.21. The van der Waals surface area contributed by atoms with Crippen LogP contribution in [0.1, 0.15) is 21.5 Å². The number of para-hydroxylation sites is 1. The van der Waals surface area contributed by atoms with Gasteiger partial charge in [-0.2, -0.15) is 5.10 Å². The van der Waals surface area contributed by atoms with Crippen molar-refractivity contribution in [1.82, 2.24) is 5.43 Å². The standard InChI is InChI=1S/C23H21N3O2/c1-18-10-8-9-15-21(18)26(23(28)20-13-6-3-7-14-20)17-22(27)25-24-16-19-11-4-2-5-12-19/h2-16H,17H2,1H3,(H,25,27)/b24-16+. The highest BCUT2D eigenvalue weighted by molar-refractivity contribution is 6.09. The van der Waals surface area contributed by atoms with Crippen LogP contribution < -0.4 is 10.3 Å². The molecule has 0 bridgehead atoms. The summed E-state index contributed by atoms with van der Waals surface area (Å²) in [6.07, 6.45) is 1.56. The van der Waals surface area contributed by atoms with Crippen LogP contribution in [0.15, 0.2) is 90.0 Å². The van der Waals surface area contributed by atoms with Crippen LogP contribution in [-0.2, 0) is 4.79 Å². The first-order valence-corrected chi connectivity index (χ1v) is 8.94. The lowest BCUT2D eigenvalue weighted by atomic mass is 10.1. The molecule has 0 fully saturated rings. The maximum Gasteiger partial charge on any atom is 0.260 e. The molecule has 1 N–H and O–H groups in total. The van der Waals surface area contributed by atoms with Crippen molar-refractivity contribution in [1.29, 1.82) is 0 Å². The van der Waals surface area contributed by atoms with Gasteiger partial charge in [0.05, 0.1) is 6.21 Å². The van der Waals surface area contributed by atoms with Gasteiger partial charge in [-0.3, -0.25) is 14.5 Å². The number of hydrogen-bond donors (Lipinski definition) is 1. The molecule has 140 valence electrons. The third kappa shape index (κ3) is 4.92. The monoisotopic (exact) mass is 371 g/mol. The van der Waals surface area contributed by atoms with Crippen molar-refractivity contribution in [3.63, 3.8) is 0 Å². The fourth-order valence-electron chi connectivity index (χ4n) is 2.77. The molecule has 0 saturated heterocycles. The predicted molar refractivity (Wildman–Crippen MR) is 111 cm³/mol. The summed E-state index contributed by atoms with van der Waals surface area (Å²) in [4.78, 5) is 27.0. The molecule has 2 amide bonds. The normalized spacial score (nSPS) is 10.6. The first-order chi connectivity index (χ1) is 13.6. The number of aryl methyl sites for hydroxylation is 1. The van der Waals surface area contributed by atoms with Gasteiger partial charge in [0.2, 0.25) is 0 Å². The average Bonchev–Trinajstić information content (AvgIpc) is 2.73. The second kappa shape index (κ2) is 9.28. The smallest absolute Gasteiger partial charge is 0.260 e. The van der Waals surface area contributed by atoms with Crippen LogP contribution in [0.25, 0.3) is 0 Å². The fourth-order valence-corrected chi connectivity index (χ4v) is 2.77. The van der Waals surface area contributed by atoms with Gasteiger partial charge in [0.25, 0.3) is 11.8 Å². The van der Waals surface area contributed by atoms with E-state index in [2.05, 4.69) is 10.5 Å². The lowest BCUT2D eigenvalue weighted by Crippen LogP contribution is -2.40. The number of nitrogens with zero attached hydrogens (tertiary/aromatic N) is 2. The summed E-state index contributed by atoms with van der Waals surface area (Å²) in [5.41, 5.74) is 5.49. The largest absolute Gasteiger partial charge is 0.299 e. The zero-order valence-electron chi connectivity index (χ0n) is 15.6. The van der Waals surface area contributed by atoms with E-state index in [1.54, 1.807) is 30.5 Å². The second-order valence-electron chi connectivity index (χ2n) is 6.25. The first-order valence-electron chi connectivity index (χ1n) is 8.94. The van der Waals surface area contributed by atoms with Crippen LogP contribution >= 0.6 is 0 Å². The van der Waals surface area contributed by atoms with Gasteiger partial charge in [0.15, 0.2) is 0 Å². The van der Waals surface area contributed by atoms with Gasteiger partial charge in [-0.1, -0.05) is 66.7 Å². The summed E-state index contributed by atoms with van der Waals surface area (Å²) in [7, 11) is 0. The van der Waals surface area contributed by atoms with Crippen LogP contribution in [-0.4, -0.2) is 24.6 Å². The molecule has 3 rings (SSSR count). The number of anilines is 1. The molecule has 0 radical (unpaired) electrons. The number of hydrogen-bond acceptors (Lipinski definition) is 3. The molecule has 5 heteroatoms. The van der Waals surface area contributed by atoms with Gasteiger partial charge < -0.3 is 0 Å². The van der Waals surface area contributed by atoms with E-state index in [-0.39, 0.29) is 18.4 Å². The zero-order valence-corrected chi connectivity index (χ0v) is 15.6. The predicted octanol–water partition coefficient (Wildman–Crippen LogP) is 3.79. The van der Waals surface area contributed by atoms with Gasteiger partial charge in [-0.15, -0.1) is 0 Å². The van der Waals surface area contributed by atoms with Gasteiger partial charge in [-0.25, -0.2) is 5.43 Å². The second-order valence-corrected chi connectivity index (χ2v) is 6.25. The van der Waals surface area contributed by atoms with Crippen molar-refractivity contribution in [2.24, 2.45) is 5.10 Å². The van der Waals surface area contributed by atoms with Crippen LogP contribution in [0.3, 0.4) is 0 Å². The van der Waals surface area contributed by atoms with Crippen LogP contribution in [0.2, 0.25) is 0 Å². The molecule has 0 aliphatic heterocycles. The van der Waals surface area contributed by atoms with Gasteiger partial charge in [0, 0.05) is 11.3 Å². The summed E-state index contributed by atoms with van der Waals surface area (Å²) < 4.78 is 0. The molecule has 0 atom stereocenters. The molecule has 28 heavy (non-hydrogen) atoms. The first kappa shape index (κ1) is 19.0. The lowest BCUT2D eigenvalue weighted by molar-refractivity contribution is -0.119. The number of hydrazone groups is 1. The summed E-state index contributed by atoms with van der Waals surface area (Å²) in [5, 5.41) is 3.98. The molecule has 0 aromatic heterocycles. The Labute approximate surface area is 164 Å². The summed E-state index contributed by atoms with van der Waals surface area (Å²) in [6.45, 7) is 1.77. The molecule has 0 aliphatic carbocycles. The van der Waals surface area contributed by atoms with E-state index in [1.165, 1.54) is 4.90 Å². The van der Waals surface area contributed by atoms with Gasteiger partial charge in [0.1, 0.15) is 6.54 Å². The van der Waals surface area contributed by atoms with Crippen LogP contribution in [0, 0.1) is 6.92 Å². The third-order valence-electron chi connectivity index (χ3n) is 4.18. The maximum atomic E-state index is 13.0. The minimum atomic E-state index is -0.375. The number of carbonyl (C=O) groups is 2. The van der Waals surface area contributed by atoms with E-state index < -0.39 is 0 Å². The Kier molecular flexibility index (Phi) is 6.31. The van der Waals surface area contributed by atoms with E-state index in [9.17, 15) is 9.59 Å². The van der Waals surface area contributed by atoms with Crippen LogP contribution in [0.5, 0.6) is 0 Å². The van der Waals surface area contributed by atoms with Crippen LogP contribution in [0.4, 0.5) is 5.69 Å². The third-order valence-corrected chi connectivity index (χ3v) is 4.18. The van der Waals surface area contributed by atoms with Crippen molar-refractivity contribution >= 4 is 23.7 Å². The Balaban J connectivity index is 1.77. The van der Waals surface area contributed by atoms with E-state index in [0.717, 1.165) is 11.1 Å². The van der Waals surface area contributed by atoms with E-state index in [4.69, 9.17) is 0 Å². The minimum absolute atomic E-state index is 0.134. The molecule has 5 nitrogen and oxygen atoms in total. The molecule has 3 aromatic carbocycles. The Morgan fingerprint density at radius 3 is 2.18 bits per heavy atom. The van der Waals surface area contributed by atoms with Crippen molar-refractivity contribution in [3.05, 3.63) is 102 Å². The molecule has 0 aliphatic rings. The number of carbonyl (C=O) groups excluding carboxylic acids is 2. The molecule has 0 unspecified atom stereocenters. The summed E-state index contributed by atoms with van der Waals surface area (Å²) in [6, 6.07) is 25.9. The molecule has 0 heterocycles. The van der Waals surface area contributed by atoms with Crippen molar-refractivity contribution in [2.75, 3.05) is 11.4 Å². The summed E-state index contributed by atoms with van der Waals surface area (Å²) in [5.74, 6) is -0.614. The number of amides is 2. The molecule has 0 spiro atoms.